The smallest absolute Gasteiger partial charge is 0.129 e. The summed E-state index contributed by atoms with van der Waals surface area (Å²) in [5, 5.41) is 0. The number of halogens is 1. The van der Waals surface area contributed by atoms with E-state index in [4.69, 9.17) is 16.6 Å². The van der Waals surface area contributed by atoms with Crippen LogP contribution in [0.25, 0.3) is 0 Å². The molecular weight excluding hydrogens is 282 g/mol. The minimum atomic E-state index is 0.418. The van der Waals surface area contributed by atoms with Crippen LogP contribution in [0.4, 0.5) is 5.82 Å². The Labute approximate surface area is 135 Å². The zero-order valence-electron chi connectivity index (χ0n) is 14.4. The molecule has 1 heterocycles. The number of pyridine rings is 1. The lowest BCUT2D eigenvalue weighted by Gasteiger charge is -2.28. The molecule has 0 atom stereocenters. The SMILES string of the molecule is CC(C)CN(CCN(C)C)c1cc(CCl)cc(C(C)C)n1. The summed E-state index contributed by atoms with van der Waals surface area (Å²) in [4.78, 5) is 9.45. The van der Waals surface area contributed by atoms with Crippen LogP contribution < -0.4 is 4.90 Å². The van der Waals surface area contributed by atoms with E-state index in [1.165, 1.54) is 0 Å². The number of nitrogens with zero attached hydrogens (tertiary/aromatic N) is 3. The minimum Gasteiger partial charge on any atom is -0.355 e. The first-order valence-corrected chi connectivity index (χ1v) is 8.33. The third kappa shape index (κ3) is 6.23. The quantitative estimate of drug-likeness (QED) is 0.677. The van der Waals surface area contributed by atoms with Gasteiger partial charge in [-0.05, 0) is 43.6 Å². The fourth-order valence-electron chi connectivity index (χ4n) is 2.19. The summed E-state index contributed by atoms with van der Waals surface area (Å²) in [6.45, 7) is 11.9. The van der Waals surface area contributed by atoms with Crippen LogP contribution in [0, 0.1) is 5.92 Å². The van der Waals surface area contributed by atoms with Gasteiger partial charge in [0.25, 0.3) is 0 Å². The zero-order valence-corrected chi connectivity index (χ0v) is 15.1. The summed E-state index contributed by atoms with van der Waals surface area (Å²) < 4.78 is 0. The summed E-state index contributed by atoms with van der Waals surface area (Å²) in [6.07, 6.45) is 0. The molecule has 0 aliphatic carbocycles. The van der Waals surface area contributed by atoms with Gasteiger partial charge in [-0.15, -0.1) is 11.6 Å². The fraction of sp³-hybridized carbons (Fsp3) is 0.706. The van der Waals surface area contributed by atoms with Gasteiger partial charge in [0.15, 0.2) is 0 Å². The first-order chi connectivity index (χ1) is 9.83. The molecule has 0 saturated carbocycles. The van der Waals surface area contributed by atoms with Crippen molar-refractivity contribution in [1.29, 1.82) is 0 Å². The number of anilines is 1. The number of alkyl halides is 1. The second-order valence-electron chi connectivity index (χ2n) is 6.69. The van der Waals surface area contributed by atoms with Crippen molar-refractivity contribution in [3.63, 3.8) is 0 Å². The Hall–Kier alpha value is -0.800. The molecule has 1 aromatic heterocycles. The lowest BCUT2D eigenvalue weighted by atomic mass is 10.1. The molecule has 0 aliphatic rings. The Morgan fingerprint density at radius 2 is 1.76 bits per heavy atom. The van der Waals surface area contributed by atoms with Crippen molar-refractivity contribution in [2.45, 2.75) is 39.5 Å². The predicted molar refractivity (Wildman–Crippen MR) is 93.5 cm³/mol. The molecule has 0 bridgehead atoms. The summed E-state index contributed by atoms with van der Waals surface area (Å²) >= 11 is 6.06. The number of hydrogen-bond acceptors (Lipinski definition) is 3. The molecule has 0 N–H and O–H groups in total. The lowest BCUT2D eigenvalue weighted by Crippen LogP contribution is -2.35. The van der Waals surface area contributed by atoms with Crippen LogP contribution in [-0.4, -0.2) is 43.6 Å². The molecule has 0 unspecified atom stereocenters. The number of likely N-dealkylation sites (N-methyl/N-ethyl adjacent to an activating group) is 1. The van der Waals surface area contributed by atoms with Crippen LogP contribution in [-0.2, 0) is 5.88 Å². The van der Waals surface area contributed by atoms with Gasteiger partial charge in [-0.1, -0.05) is 27.7 Å². The Kier molecular flexibility index (Phi) is 7.47. The van der Waals surface area contributed by atoms with Crippen LogP contribution >= 0.6 is 11.6 Å². The highest BCUT2D eigenvalue weighted by Gasteiger charge is 2.13. The van der Waals surface area contributed by atoms with Crippen molar-refractivity contribution < 1.29 is 0 Å². The summed E-state index contributed by atoms with van der Waals surface area (Å²) in [6, 6.07) is 4.26. The number of rotatable bonds is 8. The van der Waals surface area contributed by atoms with E-state index in [-0.39, 0.29) is 0 Å². The molecule has 0 amide bonds. The average Bonchev–Trinajstić information content (AvgIpc) is 2.42. The van der Waals surface area contributed by atoms with Crippen LogP contribution in [0.15, 0.2) is 12.1 Å². The highest BCUT2D eigenvalue weighted by atomic mass is 35.5. The second-order valence-corrected chi connectivity index (χ2v) is 6.96. The molecule has 0 fully saturated rings. The van der Waals surface area contributed by atoms with Gasteiger partial charge < -0.3 is 9.80 Å². The molecule has 0 aromatic carbocycles. The van der Waals surface area contributed by atoms with Crippen molar-refractivity contribution >= 4 is 17.4 Å². The highest BCUT2D eigenvalue weighted by molar-refractivity contribution is 6.17. The summed E-state index contributed by atoms with van der Waals surface area (Å²) in [7, 11) is 4.21. The van der Waals surface area contributed by atoms with Gasteiger partial charge in [0.1, 0.15) is 5.82 Å². The molecule has 0 spiro atoms. The standard InChI is InChI=1S/C17H30ClN3/c1-13(2)12-21(8-7-20(5)6)17-10-15(11-18)9-16(19-17)14(3)4/h9-10,13-14H,7-8,11-12H2,1-6H3. The van der Waals surface area contributed by atoms with E-state index < -0.39 is 0 Å². The van der Waals surface area contributed by atoms with Gasteiger partial charge in [-0.3, -0.25) is 0 Å². The van der Waals surface area contributed by atoms with Gasteiger partial charge in [0, 0.05) is 31.2 Å². The van der Waals surface area contributed by atoms with Crippen molar-refractivity contribution in [2.75, 3.05) is 38.6 Å². The molecule has 3 nitrogen and oxygen atoms in total. The van der Waals surface area contributed by atoms with Gasteiger partial charge in [-0.2, -0.15) is 0 Å². The van der Waals surface area contributed by atoms with E-state index in [1.807, 2.05) is 0 Å². The largest absolute Gasteiger partial charge is 0.355 e. The van der Waals surface area contributed by atoms with E-state index in [9.17, 15) is 0 Å². The zero-order chi connectivity index (χ0) is 16.0. The topological polar surface area (TPSA) is 19.4 Å². The van der Waals surface area contributed by atoms with Crippen LogP contribution in [0.5, 0.6) is 0 Å². The number of hydrogen-bond donors (Lipinski definition) is 0. The van der Waals surface area contributed by atoms with Crippen LogP contribution in [0.1, 0.15) is 44.9 Å². The normalized spacial score (nSPS) is 11.7. The molecule has 4 heteroatoms. The van der Waals surface area contributed by atoms with Crippen molar-refractivity contribution in [3.05, 3.63) is 23.4 Å². The third-order valence-electron chi connectivity index (χ3n) is 3.36. The molecular formula is C17H30ClN3. The van der Waals surface area contributed by atoms with Crippen molar-refractivity contribution in [1.82, 2.24) is 9.88 Å². The first kappa shape index (κ1) is 18.2. The molecule has 1 aromatic rings. The lowest BCUT2D eigenvalue weighted by molar-refractivity contribution is 0.408. The number of aromatic nitrogens is 1. The van der Waals surface area contributed by atoms with E-state index in [0.29, 0.717) is 17.7 Å². The Morgan fingerprint density at radius 3 is 2.24 bits per heavy atom. The predicted octanol–water partition coefficient (Wildman–Crippen LogP) is 3.97. The van der Waals surface area contributed by atoms with Gasteiger partial charge in [-0.25, -0.2) is 4.98 Å². The van der Waals surface area contributed by atoms with Crippen LogP contribution in [0.3, 0.4) is 0 Å². The van der Waals surface area contributed by atoms with Crippen molar-refractivity contribution in [2.24, 2.45) is 5.92 Å². The summed E-state index contributed by atoms with van der Waals surface area (Å²) in [5.74, 6) is 2.63. The van der Waals surface area contributed by atoms with E-state index >= 15 is 0 Å². The Bertz CT molecular complexity index is 430. The average molecular weight is 312 g/mol. The molecule has 0 radical (unpaired) electrons. The van der Waals surface area contributed by atoms with E-state index in [1.54, 1.807) is 0 Å². The fourth-order valence-corrected chi connectivity index (χ4v) is 2.34. The molecule has 1 rings (SSSR count). The monoisotopic (exact) mass is 311 g/mol. The minimum absolute atomic E-state index is 0.418. The second kappa shape index (κ2) is 8.60. The van der Waals surface area contributed by atoms with Crippen LogP contribution in [0.2, 0.25) is 0 Å². The van der Waals surface area contributed by atoms with Gasteiger partial charge >= 0.3 is 0 Å². The molecule has 120 valence electrons. The highest BCUT2D eigenvalue weighted by Crippen LogP contribution is 2.22. The van der Waals surface area contributed by atoms with Crippen molar-refractivity contribution in [3.8, 4) is 0 Å². The van der Waals surface area contributed by atoms with Gasteiger partial charge in [0.05, 0.1) is 0 Å². The van der Waals surface area contributed by atoms with E-state index in [2.05, 4.69) is 63.7 Å². The maximum absolute atomic E-state index is 6.06. The maximum Gasteiger partial charge on any atom is 0.129 e. The molecule has 21 heavy (non-hydrogen) atoms. The van der Waals surface area contributed by atoms with E-state index in [0.717, 1.165) is 36.7 Å². The third-order valence-corrected chi connectivity index (χ3v) is 3.67. The Balaban J connectivity index is 3.06. The molecule has 0 saturated heterocycles. The Morgan fingerprint density at radius 1 is 1.10 bits per heavy atom. The molecule has 0 aliphatic heterocycles. The summed E-state index contributed by atoms with van der Waals surface area (Å²) in [5.41, 5.74) is 2.28. The maximum atomic E-state index is 6.06. The van der Waals surface area contributed by atoms with Gasteiger partial charge in [0.2, 0.25) is 0 Å². The first-order valence-electron chi connectivity index (χ1n) is 7.80.